The number of aromatic amines is 1. The maximum absolute atomic E-state index is 11.5. The molecule has 28 heavy (non-hydrogen) atoms. The quantitative estimate of drug-likeness (QED) is 0.482. The Morgan fingerprint density at radius 1 is 1.32 bits per heavy atom. The molecule has 0 spiro atoms. The van der Waals surface area contributed by atoms with Gasteiger partial charge in [0, 0.05) is 29.5 Å². The van der Waals surface area contributed by atoms with Crippen molar-refractivity contribution >= 4 is 17.0 Å². The maximum Gasteiger partial charge on any atom is 0.333 e. The zero-order chi connectivity index (χ0) is 20.1. The fraction of sp³-hybridized carbons (Fsp3) is 0.238. The van der Waals surface area contributed by atoms with E-state index in [1.807, 2.05) is 18.2 Å². The minimum Gasteiger partial charge on any atom is -0.507 e. The fourth-order valence-corrected chi connectivity index (χ4v) is 2.98. The van der Waals surface area contributed by atoms with Crippen molar-refractivity contribution in [2.24, 2.45) is 0 Å². The third kappa shape index (κ3) is 4.01. The number of carbonyl (C=O) groups excluding carboxylic acids is 1. The Kier molecular flexibility index (Phi) is 5.70. The van der Waals surface area contributed by atoms with Gasteiger partial charge in [-0.05, 0) is 42.7 Å². The molecule has 3 aromatic rings. The molecule has 3 rings (SSSR count). The Bertz CT molecular complexity index is 1080. The van der Waals surface area contributed by atoms with Gasteiger partial charge in [0.1, 0.15) is 11.3 Å². The van der Waals surface area contributed by atoms with Crippen LogP contribution in [0.5, 0.6) is 5.75 Å². The van der Waals surface area contributed by atoms with Crippen molar-refractivity contribution in [2.75, 3.05) is 6.61 Å². The number of nitrogens with zero attached hydrogens (tertiary/aromatic N) is 3. The van der Waals surface area contributed by atoms with Crippen LogP contribution in [0.3, 0.4) is 0 Å². The summed E-state index contributed by atoms with van der Waals surface area (Å²) in [4.78, 5) is 11.5. The molecule has 142 valence electrons. The van der Waals surface area contributed by atoms with E-state index in [-0.39, 0.29) is 12.4 Å². The van der Waals surface area contributed by atoms with Gasteiger partial charge in [0.05, 0.1) is 18.2 Å². The largest absolute Gasteiger partial charge is 0.507 e. The number of carbonyl (C=O) groups is 1. The molecule has 2 aromatic carbocycles. The summed E-state index contributed by atoms with van der Waals surface area (Å²) in [5.41, 5.74) is 4.90. The normalized spacial score (nSPS) is 10.6. The Balaban J connectivity index is 1.97. The monoisotopic (exact) mass is 376 g/mol. The van der Waals surface area contributed by atoms with Gasteiger partial charge in [0.15, 0.2) is 0 Å². The number of aryl methyl sites for hydroxylation is 1. The molecule has 1 heterocycles. The molecular weight excluding hydrogens is 356 g/mol. The molecule has 0 saturated heterocycles. The topological polar surface area (TPSA) is 112 Å². The van der Waals surface area contributed by atoms with E-state index in [0.29, 0.717) is 35.9 Å². The summed E-state index contributed by atoms with van der Waals surface area (Å²) < 4.78 is 5.15. The van der Waals surface area contributed by atoms with Crippen molar-refractivity contribution in [3.05, 3.63) is 53.6 Å². The summed E-state index contributed by atoms with van der Waals surface area (Å²) in [5, 5.41) is 30.3. The first-order valence-corrected chi connectivity index (χ1v) is 8.85. The lowest BCUT2D eigenvalue weighted by Crippen LogP contribution is -2.08. The summed E-state index contributed by atoms with van der Waals surface area (Å²) in [5.74, 6) is -0.318. The molecule has 7 nitrogen and oxygen atoms in total. The second-order valence-corrected chi connectivity index (χ2v) is 6.48. The van der Waals surface area contributed by atoms with Crippen molar-refractivity contribution in [3.63, 3.8) is 0 Å². The Labute approximate surface area is 162 Å². The number of nitrogens with one attached hydrogen (secondary N) is 1. The highest BCUT2D eigenvalue weighted by atomic mass is 16.5. The number of hydrogen-bond acceptors (Lipinski definition) is 6. The first-order chi connectivity index (χ1) is 13.5. The number of phenols is 1. The molecule has 0 saturated carbocycles. The lowest BCUT2D eigenvalue weighted by molar-refractivity contribution is -0.138. The Morgan fingerprint density at radius 2 is 2.14 bits per heavy atom. The van der Waals surface area contributed by atoms with Crippen LogP contribution in [0.4, 0.5) is 0 Å². The van der Waals surface area contributed by atoms with E-state index >= 15 is 0 Å². The summed E-state index contributed by atoms with van der Waals surface area (Å²) in [6, 6.07) is 11.2. The van der Waals surface area contributed by atoms with E-state index in [0.717, 1.165) is 22.2 Å². The van der Waals surface area contributed by atoms with Crippen LogP contribution in [-0.4, -0.2) is 33.1 Å². The average Bonchev–Trinajstić information content (AvgIpc) is 3.16. The number of esters is 1. The molecule has 0 aliphatic heterocycles. The predicted octanol–water partition coefficient (Wildman–Crippen LogP) is 3.45. The summed E-state index contributed by atoms with van der Waals surface area (Å²) in [6.07, 6.45) is 1.39. The molecule has 0 aliphatic rings. The summed E-state index contributed by atoms with van der Waals surface area (Å²) >= 11 is 0. The molecule has 7 heteroatoms. The number of fused-ring (bicyclic) bond motifs is 1. The van der Waals surface area contributed by atoms with Gasteiger partial charge in [0.25, 0.3) is 0 Å². The minimum absolute atomic E-state index is 0.108. The van der Waals surface area contributed by atoms with Gasteiger partial charge in [-0.15, -0.1) is 5.10 Å². The van der Waals surface area contributed by atoms with Crippen LogP contribution in [0.2, 0.25) is 0 Å². The van der Waals surface area contributed by atoms with E-state index in [9.17, 15) is 9.90 Å². The highest BCUT2D eigenvalue weighted by Gasteiger charge is 2.16. The molecule has 0 unspecified atom stereocenters. The first kappa shape index (κ1) is 19.1. The van der Waals surface area contributed by atoms with E-state index in [4.69, 9.17) is 10.00 Å². The molecule has 0 aliphatic carbocycles. The van der Waals surface area contributed by atoms with E-state index in [1.54, 1.807) is 19.1 Å². The SMILES string of the molecule is C=C(C)C(=O)OCCc1ccc(O)c(-c2c(CCC#N)ccc3[nH]nnc23)c1. The van der Waals surface area contributed by atoms with Gasteiger partial charge >= 0.3 is 5.97 Å². The van der Waals surface area contributed by atoms with Gasteiger partial charge < -0.3 is 9.84 Å². The molecule has 0 amide bonds. The van der Waals surface area contributed by atoms with Crippen LogP contribution in [0.1, 0.15) is 24.5 Å². The lowest BCUT2D eigenvalue weighted by Gasteiger charge is -2.13. The van der Waals surface area contributed by atoms with Crippen LogP contribution in [0.25, 0.3) is 22.2 Å². The second kappa shape index (κ2) is 8.35. The number of ether oxygens (including phenoxy) is 1. The van der Waals surface area contributed by atoms with Crippen molar-refractivity contribution < 1.29 is 14.6 Å². The molecule has 0 bridgehead atoms. The van der Waals surface area contributed by atoms with Crippen LogP contribution in [-0.2, 0) is 22.4 Å². The van der Waals surface area contributed by atoms with Gasteiger partial charge in [-0.3, -0.25) is 5.10 Å². The summed E-state index contributed by atoms with van der Waals surface area (Å²) in [6.45, 7) is 5.37. The number of aromatic nitrogens is 3. The number of rotatable bonds is 7. The fourth-order valence-electron chi connectivity index (χ4n) is 2.98. The molecular formula is C21H20N4O3. The minimum atomic E-state index is -0.426. The maximum atomic E-state index is 11.5. The highest BCUT2D eigenvalue weighted by molar-refractivity contribution is 5.95. The van der Waals surface area contributed by atoms with Crippen molar-refractivity contribution in [3.8, 4) is 22.9 Å². The van der Waals surface area contributed by atoms with Gasteiger partial charge in [-0.2, -0.15) is 5.26 Å². The number of H-pyrrole nitrogens is 1. The van der Waals surface area contributed by atoms with Gasteiger partial charge in [0.2, 0.25) is 0 Å². The highest BCUT2D eigenvalue weighted by Crippen LogP contribution is 2.37. The molecule has 0 radical (unpaired) electrons. The third-order valence-corrected chi connectivity index (χ3v) is 4.39. The van der Waals surface area contributed by atoms with Crippen LogP contribution in [0, 0.1) is 11.3 Å². The van der Waals surface area contributed by atoms with Crippen LogP contribution < -0.4 is 0 Å². The summed E-state index contributed by atoms with van der Waals surface area (Å²) in [7, 11) is 0. The average molecular weight is 376 g/mol. The third-order valence-electron chi connectivity index (χ3n) is 4.39. The van der Waals surface area contributed by atoms with E-state index < -0.39 is 5.97 Å². The number of phenolic OH excluding ortho intramolecular Hbond substituents is 1. The van der Waals surface area contributed by atoms with Gasteiger partial charge in [-0.1, -0.05) is 23.9 Å². The van der Waals surface area contributed by atoms with Crippen LogP contribution >= 0.6 is 0 Å². The zero-order valence-corrected chi connectivity index (χ0v) is 15.5. The Hall–Kier alpha value is -3.66. The standard InChI is InChI=1S/C21H20N4O3/c1-13(2)21(27)28-11-9-14-5-8-18(26)16(12-14)19-15(4-3-10-22)6-7-17-20(19)24-25-23-17/h5-8,12,26H,1,3-4,9,11H2,2H3,(H,23,24,25). The second-order valence-electron chi connectivity index (χ2n) is 6.48. The smallest absolute Gasteiger partial charge is 0.333 e. The molecule has 0 fully saturated rings. The number of hydrogen-bond donors (Lipinski definition) is 2. The van der Waals surface area contributed by atoms with Crippen molar-refractivity contribution in [1.82, 2.24) is 15.4 Å². The number of nitriles is 1. The Morgan fingerprint density at radius 3 is 2.89 bits per heavy atom. The van der Waals surface area contributed by atoms with Crippen LogP contribution in [0.15, 0.2) is 42.5 Å². The predicted molar refractivity (Wildman–Crippen MR) is 104 cm³/mol. The van der Waals surface area contributed by atoms with Crippen molar-refractivity contribution in [1.29, 1.82) is 5.26 Å². The molecule has 2 N–H and O–H groups in total. The van der Waals surface area contributed by atoms with Gasteiger partial charge in [-0.25, -0.2) is 4.79 Å². The lowest BCUT2D eigenvalue weighted by atomic mass is 9.93. The number of aromatic hydroxyl groups is 1. The van der Waals surface area contributed by atoms with E-state index in [1.165, 1.54) is 0 Å². The zero-order valence-electron chi connectivity index (χ0n) is 15.5. The molecule has 1 aromatic heterocycles. The van der Waals surface area contributed by atoms with Crippen molar-refractivity contribution in [2.45, 2.75) is 26.2 Å². The first-order valence-electron chi connectivity index (χ1n) is 8.85. The van der Waals surface area contributed by atoms with E-state index in [2.05, 4.69) is 28.1 Å². The number of benzene rings is 2. The molecule has 0 atom stereocenters.